The average molecular weight is 394 g/mol. The summed E-state index contributed by atoms with van der Waals surface area (Å²) in [5, 5.41) is 12.9. The number of carbonyl (C=O) groups excluding carboxylic acids is 1. The lowest BCUT2D eigenvalue weighted by molar-refractivity contribution is -0.115. The van der Waals surface area contributed by atoms with E-state index in [1.807, 2.05) is 39.0 Å². The van der Waals surface area contributed by atoms with Crippen LogP contribution in [0.1, 0.15) is 60.6 Å². The number of nitriles is 1. The third kappa shape index (κ3) is 5.14. The van der Waals surface area contributed by atoms with Gasteiger partial charge in [-0.3, -0.25) is 4.79 Å². The first kappa shape index (κ1) is 20.4. The van der Waals surface area contributed by atoms with Crippen molar-refractivity contribution in [2.75, 3.05) is 5.32 Å². The Balaban J connectivity index is 1.77. The Morgan fingerprint density at radius 2 is 1.79 bits per heavy atom. The maximum Gasteiger partial charge on any atom is 0.237 e. The molecule has 5 heteroatoms. The molecule has 3 rings (SSSR count). The number of hydrogen-bond donors (Lipinski definition) is 1. The van der Waals surface area contributed by atoms with Crippen molar-refractivity contribution < 1.29 is 4.79 Å². The van der Waals surface area contributed by atoms with E-state index in [1.54, 1.807) is 0 Å². The number of aromatic nitrogens is 1. The summed E-state index contributed by atoms with van der Waals surface area (Å²) in [4.78, 5) is 17.5. The van der Waals surface area contributed by atoms with Gasteiger partial charge in [-0.2, -0.15) is 5.26 Å². The molecule has 28 heavy (non-hydrogen) atoms. The summed E-state index contributed by atoms with van der Waals surface area (Å²) < 4.78 is 0. The molecule has 1 unspecified atom stereocenters. The molecule has 1 aromatic heterocycles. The molecule has 146 valence electrons. The minimum Gasteiger partial charge on any atom is -0.325 e. The summed E-state index contributed by atoms with van der Waals surface area (Å²) in [6.07, 6.45) is 6.72. The Hall–Kier alpha value is -2.32. The number of hydrogen-bond acceptors (Lipinski definition) is 4. The first-order chi connectivity index (χ1) is 13.5. The molecule has 1 amide bonds. The number of amides is 1. The molecule has 2 aromatic rings. The molecule has 0 saturated carbocycles. The van der Waals surface area contributed by atoms with Gasteiger partial charge in [0.1, 0.15) is 11.1 Å². The maximum atomic E-state index is 12.7. The standard InChI is InChI=1S/C23H27N3OS/c1-15-10-16(2)12-20(11-15)25-22(27)17(3)28-23-19(14-24)13-18-8-6-4-5-7-9-21(18)26-23/h10-13,17H,4-9H2,1-3H3,(H,25,27). The Bertz CT molecular complexity index is 897. The van der Waals surface area contributed by atoms with E-state index in [9.17, 15) is 10.1 Å². The SMILES string of the molecule is Cc1cc(C)cc(NC(=O)C(C)Sc2nc3c(cc2C#N)CCCCCC3)c1. The predicted octanol–water partition coefficient (Wildman–Crippen LogP) is 5.35. The van der Waals surface area contributed by atoms with Gasteiger partial charge >= 0.3 is 0 Å². The summed E-state index contributed by atoms with van der Waals surface area (Å²) in [6, 6.07) is 10.3. The molecule has 0 bridgehead atoms. The predicted molar refractivity (Wildman–Crippen MR) is 115 cm³/mol. The number of aryl methyl sites for hydroxylation is 4. The quantitative estimate of drug-likeness (QED) is 0.711. The van der Waals surface area contributed by atoms with Crippen LogP contribution in [-0.4, -0.2) is 16.1 Å². The third-order valence-corrected chi connectivity index (χ3v) is 6.14. The molecule has 0 saturated heterocycles. The lowest BCUT2D eigenvalue weighted by atomic mass is 9.96. The summed E-state index contributed by atoms with van der Waals surface area (Å²) >= 11 is 1.37. The fourth-order valence-corrected chi connectivity index (χ4v) is 4.55. The molecule has 1 heterocycles. The van der Waals surface area contributed by atoms with Crippen LogP contribution in [0.4, 0.5) is 5.69 Å². The van der Waals surface area contributed by atoms with E-state index >= 15 is 0 Å². The first-order valence-corrected chi connectivity index (χ1v) is 10.8. The van der Waals surface area contributed by atoms with E-state index in [1.165, 1.54) is 30.2 Å². The van der Waals surface area contributed by atoms with Crippen molar-refractivity contribution in [3.05, 3.63) is 52.2 Å². The Morgan fingerprint density at radius 1 is 1.11 bits per heavy atom. The van der Waals surface area contributed by atoms with Gasteiger partial charge < -0.3 is 5.32 Å². The fraction of sp³-hybridized carbons (Fsp3) is 0.435. The zero-order valence-corrected chi connectivity index (χ0v) is 17.7. The van der Waals surface area contributed by atoms with Crippen molar-refractivity contribution in [1.82, 2.24) is 4.98 Å². The van der Waals surface area contributed by atoms with Gasteiger partial charge in [-0.25, -0.2) is 4.98 Å². The number of nitrogens with zero attached hydrogens (tertiary/aromatic N) is 2. The lowest BCUT2D eigenvalue weighted by Gasteiger charge is -2.17. The molecule has 1 aliphatic carbocycles. The van der Waals surface area contributed by atoms with Crippen LogP contribution in [0.3, 0.4) is 0 Å². The minimum absolute atomic E-state index is 0.0765. The number of carbonyl (C=O) groups is 1. The van der Waals surface area contributed by atoms with Crippen LogP contribution in [0, 0.1) is 25.2 Å². The van der Waals surface area contributed by atoms with Gasteiger partial charge in [-0.1, -0.05) is 30.7 Å². The van der Waals surface area contributed by atoms with Crippen LogP contribution in [0.5, 0.6) is 0 Å². The van der Waals surface area contributed by atoms with Crippen molar-refractivity contribution in [2.45, 2.75) is 69.6 Å². The maximum absolute atomic E-state index is 12.7. The van der Waals surface area contributed by atoms with E-state index in [0.29, 0.717) is 10.6 Å². The number of benzene rings is 1. The Morgan fingerprint density at radius 3 is 2.46 bits per heavy atom. The van der Waals surface area contributed by atoms with Crippen LogP contribution in [0.2, 0.25) is 0 Å². The zero-order chi connectivity index (χ0) is 20.1. The average Bonchev–Trinajstić information content (AvgIpc) is 2.61. The molecule has 4 nitrogen and oxygen atoms in total. The monoisotopic (exact) mass is 393 g/mol. The van der Waals surface area contributed by atoms with E-state index in [2.05, 4.69) is 17.5 Å². The van der Waals surface area contributed by atoms with Crippen molar-refractivity contribution in [2.24, 2.45) is 0 Å². The molecule has 0 fully saturated rings. The van der Waals surface area contributed by atoms with Crippen LogP contribution in [-0.2, 0) is 17.6 Å². The van der Waals surface area contributed by atoms with Gasteiger partial charge in [0, 0.05) is 11.4 Å². The van der Waals surface area contributed by atoms with E-state index in [0.717, 1.165) is 48.2 Å². The smallest absolute Gasteiger partial charge is 0.237 e. The second-order valence-corrected chi connectivity index (χ2v) is 8.93. The number of thioether (sulfide) groups is 1. The van der Waals surface area contributed by atoms with Gasteiger partial charge in [0.15, 0.2) is 0 Å². The molecular formula is C23H27N3OS. The van der Waals surface area contributed by atoms with Crippen molar-refractivity contribution in [3.8, 4) is 6.07 Å². The van der Waals surface area contributed by atoms with Crippen LogP contribution < -0.4 is 5.32 Å². The van der Waals surface area contributed by atoms with Gasteiger partial charge in [-0.05, 0) is 81.3 Å². The zero-order valence-electron chi connectivity index (χ0n) is 16.8. The highest BCUT2D eigenvalue weighted by atomic mass is 32.2. The van der Waals surface area contributed by atoms with Gasteiger partial charge in [0.2, 0.25) is 5.91 Å². The van der Waals surface area contributed by atoms with Crippen molar-refractivity contribution in [1.29, 1.82) is 5.26 Å². The van der Waals surface area contributed by atoms with E-state index in [-0.39, 0.29) is 11.2 Å². The number of anilines is 1. The lowest BCUT2D eigenvalue weighted by Crippen LogP contribution is -2.23. The first-order valence-electron chi connectivity index (χ1n) is 9.95. The van der Waals surface area contributed by atoms with Gasteiger partial charge in [0.25, 0.3) is 0 Å². The molecule has 1 atom stereocenters. The van der Waals surface area contributed by atoms with Crippen LogP contribution >= 0.6 is 11.8 Å². The Labute approximate surface area is 171 Å². The normalized spacial score (nSPS) is 14.9. The molecule has 1 aliphatic rings. The Kier molecular flexibility index (Phi) is 6.74. The summed E-state index contributed by atoms with van der Waals surface area (Å²) in [6.45, 7) is 5.89. The molecule has 0 radical (unpaired) electrons. The van der Waals surface area contributed by atoms with Crippen molar-refractivity contribution in [3.63, 3.8) is 0 Å². The molecule has 1 aromatic carbocycles. The molecule has 0 aliphatic heterocycles. The highest BCUT2D eigenvalue weighted by molar-refractivity contribution is 8.00. The van der Waals surface area contributed by atoms with E-state index in [4.69, 9.17) is 4.98 Å². The number of fused-ring (bicyclic) bond motifs is 1. The topological polar surface area (TPSA) is 65.8 Å². The number of nitrogens with one attached hydrogen (secondary N) is 1. The summed E-state index contributed by atoms with van der Waals surface area (Å²) in [7, 11) is 0. The second kappa shape index (κ2) is 9.25. The minimum atomic E-state index is -0.341. The van der Waals surface area contributed by atoms with Crippen molar-refractivity contribution >= 4 is 23.4 Å². The summed E-state index contributed by atoms with van der Waals surface area (Å²) in [5.74, 6) is -0.0765. The van der Waals surface area contributed by atoms with Gasteiger partial charge in [-0.15, -0.1) is 0 Å². The molecular weight excluding hydrogens is 366 g/mol. The van der Waals surface area contributed by atoms with E-state index < -0.39 is 0 Å². The molecule has 0 spiro atoms. The number of pyridine rings is 1. The largest absolute Gasteiger partial charge is 0.325 e. The highest BCUT2D eigenvalue weighted by Crippen LogP contribution is 2.29. The third-order valence-electron chi connectivity index (χ3n) is 5.03. The van der Waals surface area contributed by atoms with Crippen LogP contribution in [0.15, 0.2) is 29.3 Å². The molecule has 1 N–H and O–H groups in total. The summed E-state index contributed by atoms with van der Waals surface area (Å²) in [5.41, 5.74) is 5.92. The highest BCUT2D eigenvalue weighted by Gasteiger charge is 2.20. The second-order valence-electron chi connectivity index (χ2n) is 7.60. The fourth-order valence-electron chi connectivity index (χ4n) is 3.65. The van der Waals surface area contributed by atoms with Crippen LogP contribution in [0.25, 0.3) is 0 Å². The number of rotatable bonds is 4. The van der Waals surface area contributed by atoms with Gasteiger partial charge in [0.05, 0.1) is 10.8 Å².